The first kappa shape index (κ1) is 16.7. The molecule has 9 heteroatoms. The summed E-state index contributed by atoms with van der Waals surface area (Å²) in [4.78, 5) is 14.7. The van der Waals surface area contributed by atoms with Gasteiger partial charge >= 0.3 is 0 Å². The van der Waals surface area contributed by atoms with E-state index < -0.39 is 0 Å². The first-order valence-electron chi connectivity index (χ1n) is 7.79. The van der Waals surface area contributed by atoms with Crippen molar-refractivity contribution in [3.63, 3.8) is 0 Å². The number of anilines is 3. The van der Waals surface area contributed by atoms with E-state index in [0.717, 1.165) is 26.2 Å². The van der Waals surface area contributed by atoms with Gasteiger partial charge in [0.1, 0.15) is 0 Å². The molecule has 0 aromatic carbocycles. The third kappa shape index (κ3) is 5.58. The van der Waals surface area contributed by atoms with E-state index in [4.69, 9.17) is 10.3 Å². The Morgan fingerprint density at radius 2 is 1.55 bits per heavy atom. The Labute approximate surface area is 130 Å². The number of aromatic nitrogens is 3. The molecular weight excluding hydrogens is 286 g/mol. The monoisotopic (exact) mass is 311 g/mol. The van der Waals surface area contributed by atoms with Crippen LogP contribution in [0.2, 0.25) is 0 Å². The van der Waals surface area contributed by atoms with Crippen LogP contribution >= 0.6 is 0 Å². The Balaban J connectivity index is 1.84. The molecule has 0 radical (unpaired) electrons. The van der Waals surface area contributed by atoms with Crippen molar-refractivity contribution < 1.29 is 10.3 Å². The molecule has 1 saturated heterocycles. The Kier molecular flexibility index (Phi) is 7.07. The van der Waals surface area contributed by atoms with Gasteiger partial charge in [0.05, 0.1) is 0 Å². The highest BCUT2D eigenvalue weighted by atomic mass is 16.5. The summed E-state index contributed by atoms with van der Waals surface area (Å²) in [5, 5.41) is 23.9. The fourth-order valence-corrected chi connectivity index (χ4v) is 2.37. The Morgan fingerprint density at radius 3 is 2.18 bits per heavy atom. The zero-order valence-corrected chi connectivity index (χ0v) is 12.8. The number of nitrogens with zero attached hydrogens (tertiary/aromatic N) is 4. The average molecular weight is 311 g/mol. The van der Waals surface area contributed by atoms with Gasteiger partial charge in [0.25, 0.3) is 5.95 Å². The normalized spacial score (nSPS) is 15.5. The predicted octanol–water partition coefficient (Wildman–Crippen LogP) is 0.365. The van der Waals surface area contributed by atoms with E-state index >= 15 is 0 Å². The Bertz CT molecular complexity index is 440. The predicted molar refractivity (Wildman–Crippen MR) is 84.2 cm³/mol. The molecule has 2 heterocycles. The standard InChI is InChI=1S/C13H25N7O2/c21-10-4-5-14-11-16-12(18-13(17-11)19-22)15-6-9-20-7-2-1-3-8-20/h21-22H,1-10H2,(H3,14,15,16,17,18,19). The maximum Gasteiger partial charge on any atom is 0.253 e. The van der Waals surface area contributed by atoms with Crippen LogP contribution in [0.5, 0.6) is 0 Å². The van der Waals surface area contributed by atoms with Crippen molar-refractivity contribution >= 4 is 17.8 Å². The Hall–Kier alpha value is -1.71. The molecular formula is C13H25N7O2. The SMILES string of the molecule is OCCCNc1nc(NO)nc(NCCN2CCCCC2)n1. The molecule has 1 aliphatic rings. The summed E-state index contributed by atoms with van der Waals surface area (Å²) in [7, 11) is 0. The maximum atomic E-state index is 8.98. The highest BCUT2D eigenvalue weighted by Crippen LogP contribution is 2.10. The molecule has 0 bridgehead atoms. The second-order valence-electron chi connectivity index (χ2n) is 5.25. The van der Waals surface area contributed by atoms with E-state index in [-0.39, 0.29) is 12.6 Å². The van der Waals surface area contributed by atoms with Gasteiger partial charge in [-0.25, -0.2) is 5.48 Å². The molecule has 1 fully saturated rings. The molecule has 0 aliphatic carbocycles. The number of aliphatic hydroxyl groups excluding tert-OH is 1. The highest BCUT2D eigenvalue weighted by Gasteiger charge is 2.10. The second kappa shape index (κ2) is 9.34. The quantitative estimate of drug-likeness (QED) is 0.325. The number of piperidine rings is 1. The molecule has 0 saturated carbocycles. The van der Waals surface area contributed by atoms with E-state index in [1.807, 2.05) is 5.48 Å². The van der Waals surface area contributed by atoms with Crippen molar-refractivity contribution in [3.8, 4) is 0 Å². The minimum atomic E-state index is 0.0852. The summed E-state index contributed by atoms with van der Waals surface area (Å²) < 4.78 is 0. The van der Waals surface area contributed by atoms with Gasteiger partial charge in [0, 0.05) is 26.2 Å². The van der Waals surface area contributed by atoms with Crippen LogP contribution < -0.4 is 16.1 Å². The largest absolute Gasteiger partial charge is 0.396 e. The van der Waals surface area contributed by atoms with Crippen LogP contribution in [0.25, 0.3) is 0 Å². The van der Waals surface area contributed by atoms with Crippen molar-refractivity contribution in [2.24, 2.45) is 0 Å². The second-order valence-corrected chi connectivity index (χ2v) is 5.25. The fraction of sp³-hybridized carbons (Fsp3) is 0.769. The maximum absolute atomic E-state index is 8.98. The summed E-state index contributed by atoms with van der Waals surface area (Å²) >= 11 is 0. The van der Waals surface area contributed by atoms with E-state index in [9.17, 15) is 0 Å². The third-order valence-electron chi connectivity index (χ3n) is 3.51. The van der Waals surface area contributed by atoms with Gasteiger partial charge in [-0.05, 0) is 32.4 Å². The number of likely N-dealkylation sites (tertiary alicyclic amines) is 1. The lowest BCUT2D eigenvalue weighted by molar-refractivity contribution is 0.237. The molecule has 9 nitrogen and oxygen atoms in total. The first-order valence-corrected chi connectivity index (χ1v) is 7.79. The molecule has 124 valence electrons. The molecule has 22 heavy (non-hydrogen) atoms. The smallest absolute Gasteiger partial charge is 0.253 e. The number of aliphatic hydroxyl groups is 1. The van der Waals surface area contributed by atoms with Gasteiger partial charge in [-0.2, -0.15) is 15.0 Å². The van der Waals surface area contributed by atoms with Gasteiger partial charge < -0.3 is 20.6 Å². The van der Waals surface area contributed by atoms with Gasteiger partial charge in [0.15, 0.2) is 0 Å². The third-order valence-corrected chi connectivity index (χ3v) is 3.51. The van der Waals surface area contributed by atoms with Crippen LogP contribution in [0.4, 0.5) is 17.8 Å². The van der Waals surface area contributed by atoms with Crippen molar-refractivity contribution in [3.05, 3.63) is 0 Å². The van der Waals surface area contributed by atoms with E-state index in [2.05, 4.69) is 30.5 Å². The fourth-order valence-electron chi connectivity index (χ4n) is 2.37. The lowest BCUT2D eigenvalue weighted by Gasteiger charge is -2.26. The average Bonchev–Trinajstić information content (AvgIpc) is 2.56. The first-order chi connectivity index (χ1) is 10.8. The molecule has 1 aliphatic heterocycles. The molecule has 1 aromatic rings. The summed E-state index contributed by atoms with van der Waals surface area (Å²) in [5.41, 5.74) is 1.94. The van der Waals surface area contributed by atoms with Gasteiger partial charge in [0.2, 0.25) is 11.9 Å². The summed E-state index contributed by atoms with van der Waals surface area (Å²) in [6.45, 7) is 4.64. The molecule has 0 spiro atoms. The van der Waals surface area contributed by atoms with E-state index in [0.29, 0.717) is 24.9 Å². The van der Waals surface area contributed by atoms with Gasteiger partial charge in [-0.1, -0.05) is 6.42 Å². The topological polar surface area (TPSA) is 118 Å². The van der Waals surface area contributed by atoms with Crippen LogP contribution in [0, 0.1) is 0 Å². The Morgan fingerprint density at radius 1 is 0.909 bits per heavy atom. The molecule has 5 N–H and O–H groups in total. The molecule has 0 unspecified atom stereocenters. The van der Waals surface area contributed by atoms with Gasteiger partial charge in [-0.15, -0.1) is 0 Å². The lowest BCUT2D eigenvalue weighted by atomic mass is 10.1. The van der Waals surface area contributed by atoms with Crippen molar-refractivity contribution in [1.82, 2.24) is 19.9 Å². The van der Waals surface area contributed by atoms with Crippen molar-refractivity contribution in [2.75, 3.05) is 55.4 Å². The van der Waals surface area contributed by atoms with Crippen molar-refractivity contribution in [2.45, 2.75) is 25.7 Å². The van der Waals surface area contributed by atoms with E-state index in [1.54, 1.807) is 0 Å². The van der Waals surface area contributed by atoms with E-state index in [1.165, 1.54) is 19.3 Å². The van der Waals surface area contributed by atoms with Crippen LogP contribution in [0.15, 0.2) is 0 Å². The molecule has 0 amide bonds. The zero-order chi connectivity index (χ0) is 15.6. The number of rotatable bonds is 9. The lowest BCUT2D eigenvalue weighted by Crippen LogP contribution is -2.34. The highest BCUT2D eigenvalue weighted by molar-refractivity contribution is 5.41. The molecule has 2 rings (SSSR count). The van der Waals surface area contributed by atoms with Crippen LogP contribution in [-0.2, 0) is 0 Å². The summed E-state index contributed by atoms with van der Waals surface area (Å²) in [5.74, 6) is 0.859. The van der Waals surface area contributed by atoms with Crippen LogP contribution in [-0.4, -0.2) is 69.5 Å². The number of nitrogens with one attached hydrogen (secondary N) is 3. The summed E-state index contributed by atoms with van der Waals surface area (Å²) in [6.07, 6.45) is 4.46. The number of hydrogen-bond acceptors (Lipinski definition) is 9. The molecule has 1 aromatic heterocycles. The number of hydrogen-bond donors (Lipinski definition) is 5. The van der Waals surface area contributed by atoms with Crippen LogP contribution in [0.1, 0.15) is 25.7 Å². The van der Waals surface area contributed by atoms with Crippen LogP contribution in [0.3, 0.4) is 0 Å². The van der Waals surface area contributed by atoms with Crippen molar-refractivity contribution in [1.29, 1.82) is 0 Å². The minimum Gasteiger partial charge on any atom is -0.396 e. The zero-order valence-electron chi connectivity index (χ0n) is 12.8. The molecule has 0 atom stereocenters. The summed E-state index contributed by atoms with van der Waals surface area (Å²) in [6, 6.07) is 0. The van der Waals surface area contributed by atoms with Gasteiger partial charge in [-0.3, -0.25) is 5.21 Å². The minimum absolute atomic E-state index is 0.0852.